The summed E-state index contributed by atoms with van der Waals surface area (Å²) in [7, 11) is 1.65. The minimum atomic E-state index is 0.185. The minimum Gasteiger partial charge on any atom is -0.377 e. The third kappa shape index (κ3) is 3.86. The largest absolute Gasteiger partial charge is 0.377 e. The average molecular weight is 437 g/mol. The molecule has 0 spiro atoms. The number of benzene rings is 1. The summed E-state index contributed by atoms with van der Waals surface area (Å²) in [6.07, 6.45) is 1.35. The van der Waals surface area contributed by atoms with Crippen molar-refractivity contribution in [2.24, 2.45) is 0 Å². The lowest BCUT2D eigenvalue weighted by Crippen LogP contribution is -2.36. The number of thiophene rings is 1. The maximum Gasteiger partial charge on any atom is 0.227 e. The van der Waals surface area contributed by atoms with Crippen molar-refractivity contribution in [1.82, 2.24) is 24.5 Å². The molecule has 0 aliphatic carbocycles. The molecule has 0 unspecified atom stereocenters. The Morgan fingerprint density at radius 3 is 2.84 bits per heavy atom. The first kappa shape index (κ1) is 19.9. The highest BCUT2D eigenvalue weighted by atomic mass is 32.1. The number of carbonyl (C=O) groups excluding carboxylic acids is 1. The lowest BCUT2D eigenvalue weighted by molar-refractivity contribution is -0.130. The quantitative estimate of drug-likeness (QED) is 0.479. The number of nitrogens with zero attached hydrogens (tertiary/aromatic N) is 6. The molecule has 4 heterocycles. The molecule has 0 bridgehead atoms. The molecule has 1 saturated heterocycles. The first-order valence-electron chi connectivity index (χ1n) is 10.4. The lowest BCUT2D eigenvalue weighted by atomic mass is 10.2. The monoisotopic (exact) mass is 436 g/mol. The van der Waals surface area contributed by atoms with Crippen LogP contribution in [0.1, 0.15) is 17.1 Å². The number of aromatic nitrogens is 4. The van der Waals surface area contributed by atoms with Crippen LogP contribution in [0, 0.1) is 0 Å². The van der Waals surface area contributed by atoms with E-state index in [2.05, 4.69) is 15.1 Å². The van der Waals surface area contributed by atoms with Crippen LogP contribution >= 0.6 is 11.3 Å². The van der Waals surface area contributed by atoms with Crippen molar-refractivity contribution in [3.63, 3.8) is 0 Å². The zero-order valence-electron chi connectivity index (χ0n) is 17.4. The Labute approximate surface area is 184 Å². The molecule has 1 fully saturated rings. The highest BCUT2D eigenvalue weighted by molar-refractivity contribution is 7.10. The Hall–Kier alpha value is -3.04. The van der Waals surface area contributed by atoms with Crippen molar-refractivity contribution < 1.29 is 9.53 Å². The molecule has 9 heteroatoms. The number of hydrogen-bond acceptors (Lipinski definition) is 7. The third-order valence-electron chi connectivity index (χ3n) is 5.61. The second-order valence-electron chi connectivity index (χ2n) is 7.61. The number of ether oxygens (including phenoxy) is 1. The number of hydrogen-bond donors (Lipinski definition) is 0. The number of carbonyl (C=O) groups is 1. The second kappa shape index (κ2) is 8.60. The highest BCUT2D eigenvalue weighted by Crippen LogP contribution is 2.25. The van der Waals surface area contributed by atoms with Crippen LogP contribution in [-0.2, 0) is 22.6 Å². The van der Waals surface area contributed by atoms with Crippen molar-refractivity contribution in [2.75, 3.05) is 38.2 Å². The maximum absolute atomic E-state index is 12.8. The number of rotatable bonds is 5. The van der Waals surface area contributed by atoms with Crippen LogP contribution in [0.5, 0.6) is 0 Å². The smallest absolute Gasteiger partial charge is 0.227 e. The first-order chi connectivity index (χ1) is 15.2. The number of amides is 1. The van der Waals surface area contributed by atoms with E-state index in [0.717, 1.165) is 52.7 Å². The van der Waals surface area contributed by atoms with Gasteiger partial charge < -0.3 is 14.5 Å². The Kier molecular flexibility index (Phi) is 5.52. The topological polar surface area (TPSA) is 75.9 Å². The van der Waals surface area contributed by atoms with E-state index in [9.17, 15) is 4.79 Å². The Balaban J connectivity index is 1.45. The van der Waals surface area contributed by atoms with Crippen LogP contribution in [0.4, 0.5) is 5.95 Å². The Morgan fingerprint density at radius 2 is 2.00 bits per heavy atom. The summed E-state index contributed by atoms with van der Waals surface area (Å²) in [5.41, 5.74) is 1.67. The molecular formula is C22H24N6O2S. The van der Waals surface area contributed by atoms with Gasteiger partial charge in [-0.3, -0.25) is 4.79 Å². The van der Waals surface area contributed by atoms with Crippen LogP contribution < -0.4 is 4.90 Å². The SMILES string of the molecule is COCc1nnc2c3ccccc3nc(N3CCCN(C(=O)Cc4cccs4)CC3)n12. The number of para-hydroxylation sites is 1. The molecule has 1 aliphatic rings. The molecule has 0 saturated carbocycles. The molecule has 1 aliphatic heterocycles. The number of anilines is 1. The molecule has 1 amide bonds. The van der Waals surface area contributed by atoms with Gasteiger partial charge in [-0.15, -0.1) is 21.5 Å². The average Bonchev–Trinajstić information content (AvgIpc) is 3.38. The van der Waals surface area contributed by atoms with Crippen LogP contribution in [0.25, 0.3) is 16.6 Å². The third-order valence-corrected chi connectivity index (χ3v) is 6.48. The van der Waals surface area contributed by atoms with E-state index in [1.54, 1.807) is 18.4 Å². The molecule has 0 radical (unpaired) electrons. The molecule has 31 heavy (non-hydrogen) atoms. The minimum absolute atomic E-state index is 0.185. The number of methoxy groups -OCH3 is 1. The summed E-state index contributed by atoms with van der Waals surface area (Å²) in [4.78, 5) is 23.1. The van der Waals surface area contributed by atoms with Gasteiger partial charge in [-0.05, 0) is 30.0 Å². The Morgan fingerprint density at radius 1 is 1.10 bits per heavy atom. The van der Waals surface area contributed by atoms with Gasteiger partial charge in [-0.1, -0.05) is 18.2 Å². The molecule has 8 nitrogen and oxygen atoms in total. The van der Waals surface area contributed by atoms with Gasteiger partial charge in [0.2, 0.25) is 11.9 Å². The Bertz CT molecular complexity index is 1210. The fourth-order valence-electron chi connectivity index (χ4n) is 4.09. The number of fused-ring (bicyclic) bond motifs is 3. The van der Waals surface area contributed by atoms with Crippen molar-refractivity contribution >= 4 is 39.7 Å². The van der Waals surface area contributed by atoms with E-state index in [1.165, 1.54) is 0 Å². The molecular weight excluding hydrogens is 412 g/mol. The van der Waals surface area contributed by atoms with Gasteiger partial charge in [0, 0.05) is 43.6 Å². The van der Waals surface area contributed by atoms with E-state index >= 15 is 0 Å². The van der Waals surface area contributed by atoms with Gasteiger partial charge >= 0.3 is 0 Å². The lowest BCUT2D eigenvalue weighted by Gasteiger charge is -2.24. The molecule has 0 atom stereocenters. The van der Waals surface area contributed by atoms with E-state index in [1.807, 2.05) is 51.1 Å². The van der Waals surface area contributed by atoms with Crippen molar-refractivity contribution in [3.8, 4) is 0 Å². The summed E-state index contributed by atoms with van der Waals surface area (Å²) < 4.78 is 7.35. The van der Waals surface area contributed by atoms with Crippen molar-refractivity contribution in [3.05, 3.63) is 52.5 Å². The summed E-state index contributed by atoms with van der Waals surface area (Å²) in [5.74, 6) is 1.71. The molecule has 3 aromatic heterocycles. The molecule has 1 aromatic carbocycles. The van der Waals surface area contributed by atoms with E-state index < -0.39 is 0 Å². The van der Waals surface area contributed by atoms with Crippen LogP contribution in [0.3, 0.4) is 0 Å². The van der Waals surface area contributed by atoms with Gasteiger partial charge in [0.05, 0.1) is 11.9 Å². The zero-order chi connectivity index (χ0) is 21.2. The van der Waals surface area contributed by atoms with Gasteiger partial charge in [-0.2, -0.15) is 0 Å². The first-order valence-corrected chi connectivity index (χ1v) is 11.3. The second-order valence-corrected chi connectivity index (χ2v) is 8.65. The fraction of sp³-hybridized carbons (Fsp3) is 0.364. The molecule has 4 aromatic rings. The standard InChI is InChI=1S/C22H24N6O2S/c1-30-15-19-24-25-21-17-7-2-3-8-18(17)23-22(28(19)21)27-10-5-9-26(11-12-27)20(29)14-16-6-4-13-31-16/h2-4,6-8,13H,5,9-12,14-15H2,1H3. The fourth-order valence-corrected chi connectivity index (χ4v) is 4.79. The predicted molar refractivity (Wildman–Crippen MR) is 120 cm³/mol. The normalized spacial score (nSPS) is 15.0. The summed E-state index contributed by atoms with van der Waals surface area (Å²) >= 11 is 1.63. The van der Waals surface area contributed by atoms with E-state index in [4.69, 9.17) is 9.72 Å². The van der Waals surface area contributed by atoms with Crippen LogP contribution in [0.15, 0.2) is 41.8 Å². The van der Waals surface area contributed by atoms with Crippen molar-refractivity contribution in [2.45, 2.75) is 19.4 Å². The van der Waals surface area contributed by atoms with Crippen molar-refractivity contribution in [1.29, 1.82) is 0 Å². The zero-order valence-corrected chi connectivity index (χ0v) is 18.2. The summed E-state index contributed by atoms with van der Waals surface area (Å²) in [6.45, 7) is 3.30. The molecule has 160 valence electrons. The summed E-state index contributed by atoms with van der Waals surface area (Å²) in [5, 5.41) is 11.8. The van der Waals surface area contributed by atoms with Crippen LogP contribution in [0.2, 0.25) is 0 Å². The van der Waals surface area contributed by atoms with Gasteiger partial charge in [-0.25, -0.2) is 9.38 Å². The summed E-state index contributed by atoms with van der Waals surface area (Å²) in [6, 6.07) is 12.0. The molecule has 5 rings (SSSR count). The van der Waals surface area contributed by atoms with Crippen LogP contribution in [-0.4, -0.2) is 63.7 Å². The van der Waals surface area contributed by atoms with E-state index in [0.29, 0.717) is 26.1 Å². The molecule has 0 N–H and O–H groups in total. The highest BCUT2D eigenvalue weighted by Gasteiger charge is 2.24. The van der Waals surface area contributed by atoms with Gasteiger partial charge in [0.15, 0.2) is 11.5 Å². The van der Waals surface area contributed by atoms with Gasteiger partial charge in [0.25, 0.3) is 0 Å². The van der Waals surface area contributed by atoms with Gasteiger partial charge in [0.1, 0.15) is 6.61 Å². The van der Waals surface area contributed by atoms with E-state index in [-0.39, 0.29) is 5.91 Å². The maximum atomic E-state index is 12.8. The predicted octanol–water partition coefficient (Wildman–Crippen LogP) is 2.77.